The smallest absolute Gasteiger partial charge is 0.357 e. The largest absolute Gasteiger partial charge is 0.461 e. The third-order valence-corrected chi connectivity index (χ3v) is 5.61. The number of hydrogen-bond acceptors (Lipinski definition) is 6. The molecule has 0 atom stereocenters. The van der Waals surface area contributed by atoms with Gasteiger partial charge in [-0.2, -0.15) is 5.10 Å². The first-order valence-corrected chi connectivity index (χ1v) is 12.3. The molecule has 196 valence electrons. The number of para-hydroxylation sites is 1. The Kier molecular flexibility index (Phi) is 7.76. The molecule has 2 aromatic heterocycles. The number of pyridine rings is 1. The lowest BCUT2D eigenvalue weighted by Crippen LogP contribution is -2.20. The molecular formula is C29H31N5O4. The average Bonchev–Trinajstić information content (AvgIpc) is 3.27. The Bertz CT molecular complexity index is 1440. The number of esters is 1. The minimum absolute atomic E-state index is 0.131. The number of carbonyl (C=O) groups excluding carboxylic acids is 2. The fraction of sp³-hybridized carbons (Fsp3) is 0.241. The Morgan fingerprint density at radius 3 is 2.42 bits per heavy atom. The van der Waals surface area contributed by atoms with Gasteiger partial charge in [0.15, 0.2) is 5.69 Å². The van der Waals surface area contributed by atoms with E-state index in [0.717, 1.165) is 5.56 Å². The van der Waals surface area contributed by atoms with E-state index >= 15 is 0 Å². The van der Waals surface area contributed by atoms with Crippen LogP contribution in [0.2, 0.25) is 0 Å². The van der Waals surface area contributed by atoms with Crippen molar-refractivity contribution in [2.45, 2.75) is 40.0 Å². The van der Waals surface area contributed by atoms with Gasteiger partial charge < -0.3 is 20.1 Å². The van der Waals surface area contributed by atoms with E-state index in [0.29, 0.717) is 34.2 Å². The van der Waals surface area contributed by atoms with Crippen LogP contribution in [-0.4, -0.2) is 33.4 Å². The number of ether oxygens (including phenoxy) is 2. The lowest BCUT2D eigenvalue weighted by atomic mass is 9.86. The predicted molar refractivity (Wildman–Crippen MR) is 146 cm³/mol. The summed E-state index contributed by atoms with van der Waals surface area (Å²) in [5, 5.41) is 10.0. The van der Waals surface area contributed by atoms with Crippen LogP contribution >= 0.6 is 0 Å². The van der Waals surface area contributed by atoms with Crippen molar-refractivity contribution in [1.29, 1.82) is 0 Å². The topological polar surface area (TPSA) is 107 Å². The minimum Gasteiger partial charge on any atom is -0.461 e. The molecule has 9 nitrogen and oxygen atoms in total. The standard InChI is InChI=1S/C29H31N5O4/c1-6-37-27(35)24-18-19(2)33-34(24)21-15-13-20(14-16-21)31-28(36)32-23-11-9-17-30-26(23)38-25-12-8-7-10-22(25)29(3,4)5/h7-18H,6H2,1-5H3,(H2,31,32,36). The van der Waals surface area contributed by atoms with Gasteiger partial charge in [0.25, 0.3) is 0 Å². The molecular weight excluding hydrogens is 482 g/mol. The van der Waals surface area contributed by atoms with E-state index < -0.39 is 12.0 Å². The molecule has 0 fully saturated rings. The summed E-state index contributed by atoms with van der Waals surface area (Å²) in [5.41, 5.74) is 3.56. The van der Waals surface area contributed by atoms with Gasteiger partial charge in [-0.05, 0) is 67.8 Å². The zero-order chi connectivity index (χ0) is 27.3. The molecule has 9 heteroatoms. The number of carbonyl (C=O) groups is 2. The molecule has 0 saturated heterocycles. The van der Waals surface area contributed by atoms with Gasteiger partial charge in [0.05, 0.1) is 18.0 Å². The van der Waals surface area contributed by atoms with Crippen LogP contribution in [0.15, 0.2) is 72.9 Å². The van der Waals surface area contributed by atoms with Gasteiger partial charge in [-0.1, -0.05) is 39.0 Å². The molecule has 4 rings (SSSR count). The summed E-state index contributed by atoms with van der Waals surface area (Å²) in [6.45, 7) is 10.2. The predicted octanol–water partition coefficient (Wildman–Crippen LogP) is 6.49. The van der Waals surface area contributed by atoms with Gasteiger partial charge in [-0.25, -0.2) is 19.3 Å². The zero-order valence-corrected chi connectivity index (χ0v) is 22.1. The Morgan fingerprint density at radius 2 is 1.71 bits per heavy atom. The van der Waals surface area contributed by atoms with Crippen LogP contribution in [-0.2, 0) is 10.2 Å². The number of nitrogens with zero attached hydrogens (tertiary/aromatic N) is 3. The van der Waals surface area contributed by atoms with Crippen molar-refractivity contribution in [3.05, 3.63) is 89.9 Å². The Labute approximate surface area is 221 Å². The fourth-order valence-corrected chi connectivity index (χ4v) is 3.86. The van der Waals surface area contributed by atoms with E-state index in [9.17, 15) is 9.59 Å². The van der Waals surface area contributed by atoms with E-state index in [1.807, 2.05) is 24.3 Å². The lowest BCUT2D eigenvalue weighted by molar-refractivity contribution is 0.0515. The van der Waals surface area contributed by atoms with Crippen molar-refractivity contribution in [2.24, 2.45) is 0 Å². The maximum absolute atomic E-state index is 12.8. The van der Waals surface area contributed by atoms with Gasteiger partial charge in [0.2, 0.25) is 5.88 Å². The first kappa shape index (κ1) is 26.4. The van der Waals surface area contributed by atoms with Crippen LogP contribution in [0.4, 0.5) is 16.2 Å². The Hall–Kier alpha value is -4.66. The molecule has 2 aromatic carbocycles. The number of amides is 2. The van der Waals surface area contributed by atoms with Crippen LogP contribution in [0.25, 0.3) is 5.69 Å². The summed E-state index contributed by atoms with van der Waals surface area (Å²) in [4.78, 5) is 29.4. The highest BCUT2D eigenvalue weighted by molar-refractivity contribution is 6.00. The van der Waals surface area contributed by atoms with Gasteiger partial charge in [0.1, 0.15) is 11.4 Å². The number of aryl methyl sites for hydroxylation is 1. The monoisotopic (exact) mass is 513 g/mol. The highest BCUT2D eigenvalue weighted by Gasteiger charge is 2.20. The third-order valence-electron chi connectivity index (χ3n) is 5.61. The van der Waals surface area contributed by atoms with Crippen molar-refractivity contribution < 1.29 is 19.1 Å². The van der Waals surface area contributed by atoms with Crippen molar-refractivity contribution >= 4 is 23.4 Å². The van der Waals surface area contributed by atoms with Crippen molar-refractivity contribution in [2.75, 3.05) is 17.2 Å². The SMILES string of the molecule is CCOC(=O)c1cc(C)nn1-c1ccc(NC(=O)Nc2cccnc2Oc2ccccc2C(C)(C)C)cc1. The summed E-state index contributed by atoms with van der Waals surface area (Å²) in [6, 6.07) is 19.4. The highest BCUT2D eigenvalue weighted by atomic mass is 16.5. The lowest BCUT2D eigenvalue weighted by Gasteiger charge is -2.22. The molecule has 38 heavy (non-hydrogen) atoms. The fourth-order valence-electron chi connectivity index (χ4n) is 3.86. The van der Waals surface area contributed by atoms with E-state index in [1.54, 1.807) is 62.5 Å². The van der Waals surface area contributed by atoms with Crippen molar-refractivity contribution in [3.8, 4) is 17.3 Å². The normalized spacial score (nSPS) is 11.1. The molecule has 0 bridgehead atoms. The minimum atomic E-state index is -0.457. The van der Waals surface area contributed by atoms with Crippen LogP contribution < -0.4 is 15.4 Å². The van der Waals surface area contributed by atoms with Crippen LogP contribution in [0.3, 0.4) is 0 Å². The van der Waals surface area contributed by atoms with Crippen LogP contribution in [0, 0.1) is 6.92 Å². The van der Waals surface area contributed by atoms with E-state index in [-0.39, 0.29) is 17.9 Å². The number of anilines is 2. The molecule has 0 spiro atoms. The van der Waals surface area contributed by atoms with E-state index in [4.69, 9.17) is 9.47 Å². The molecule has 0 radical (unpaired) electrons. The van der Waals surface area contributed by atoms with Gasteiger partial charge >= 0.3 is 12.0 Å². The van der Waals surface area contributed by atoms with E-state index in [2.05, 4.69) is 41.5 Å². The summed E-state index contributed by atoms with van der Waals surface area (Å²) >= 11 is 0. The molecule has 0 unspecified atom stereocenters. The molecule has 0 aliphatic heterocycles. The molecule has 2 heterocycles. The first-order chi connectivity index (χ1) is 18.2. The van der Waals surface area contributed by atoms with Crippen molar-refractivity contribution in [3.63, 3.8) is 0 Å². The van der Waals surface area contributed by atoms with Gasteiger partial charge in [0, 0.05) is 17.4 Å². The molecule has 4 aromatic rings. The van der Waals surface area contributed by atoms with Gasteiger partial charge in [-0.15, -0.1) is 0 Å². The molecule has 0 saturated carbocycles. The maximum atomic E-state index is 12.8. The Balaban J connectivity index is 1.47. The first-order valence-electron chi connectivity index (χ1n) is 12.3. The second-order valence-electron chi connectivity index (χ2n) is 9.63. The Morgan fingerprint density at radius 1 is 0.974 bits per heavy atom. The third kappa shape index (κ3) is 6.18. The number of urea groups is 1. The number of aromatic nitrogens is 3. The molecule has 2 amide bonds. The second-order valence-corrected chi connectivity index (χ2v) is 9.63. The highest BCUT2D eigenvalue weighted by Crippen LogP contribution is 2.35. The zero-order valence-electron chi connectivity index (χ0n) is 22.1. The summed E-state index contributed by atoms with van der Waals surface area (Å²) in [7, 11) is 0. The number of hydrogen-bond donors (Lipinski definition) is 2. The molecule has 0 aliphatic carbocycles. The van der Waals surface area contributed by atoms with Crippen LogP contribution in [0.5, 0.6) is 11.6 Å². The number of benzene rings is 2. The molecule has 2 N–H and O–H groups in total. The summed E-state index contributed by atoms with van der Waals surface area (Å²) < 4.78 is 12.8. The maximum Gasteiger partial charge on any atom is 0.357 e. The van der Waals surface area contributed by atoms with E-state index in [1.165, 1.54) is 4.68 Å². The number of nitrogens with one attached hydrogen (secondary N) is 2. The van der Waals surface area contributed by atoms with Crippen molar-refractivity contribution in [1.82, 2.24) is 14.8 Å². The number of rotatable bonds is 7. The summed E-state index contributed by atoms with van der Waals surface area (Å²) in [5.74, 6) is 0.512. The summed E-state index contributed by atoms with van der Waals surface area (Å²) in [6.07, 6.45) is 1.61. The average molecular weight is 514 g/mol. The quantitative estimate of drug-likeness (QED) is 0.274. The van der Waals surface area contributed by atoms with Gasteiger partial charge in [-0.3, -0.25) is 0 Å². The van der Waals surface area contributed by atoms with Crippen LogP contribution in [0.1, 0.15) is 49.4 Å². The second kappa shape index (κ2) is 11.2. The molecule has 0 aliphatic rings.